The van der Waals surface area contributed by atoms with Crippen LogP contribution in [0.3, 0.4) is 0 Å². The van der Waals surface area contributed by atoms with E-state index in [1.165, 1.54) is 11.3 Å². The van der Waals surface area contributed by atoms with Crippen LogP contribution >= 0.6 is 27.3 Å². The summed E-state index contributed by atoms with van der Waals surface area (Å²) in [6.07, 6.45) is 0. The fourth-order valence-corrected chi connectivity index (χ4v) is 2.53. The first-order chi connectivity index (χ1) is 6.24. The van der Waals surface area contributed by atoms with Crippen molar-refractivity contribution >= 4 is 43.0 Å². The van der Waals surface area contributed by atoms with Gasteiger partial charge in [-0.1, -0.05) is 0 Å². The molecule has 1 aromatic heterocycles. The maximum Gasteiger partial charge on any atom is 0.101 e. The first-order valence-electron chi connectivity index (χ1n) is 3.59. The topological polar surface area (TPSA) is 49.8 Å². The number of nitrogens with two attached hydrogens (primary N) is 1. The quantitative estimate of drug-likeness (QED) is 0.733. The first-order valence-corrected chi connectivity index (χ1v) is 5.26. The summed E-state index contributed by atoms with van der Waals surface area (Å²) in [5.41, 5.74) is 7.21. The van der Waals surface area contributed by atoms with Gasteiger partial charge in [0, 0.05) is 9.86 Å². The summed E-state index contributed by atoms with van der Waals surface area (Å²) in [7, 11) is 0. The largest absolute Gasteiger partial charge is 0.397 e. The molecule has 0 amide bonds. The fraction of sp³-hybridized carbons (Fsp3) is 0. The van der Waals surface area contributed by atoms with E-state index in [0.717, 1.165) is 14.6 Å². The molecule has 0 spiro atoms. The van der Waals surface area contributed by atoms with Crippen molar-refractivity contribution in [2.24, 2.45) is 0 Å². The number of thiophene rings is 1. The number of rotatable bonds is 0. The molecule has 4 heteroatoms. The molecular weight excluding hydrogens is 248 g/mol. The lowest BCUT2D eigenvalue weighted by Crippen LogP contribution is -1.88. The molecule has 2 rings (SSSR count). The lowest BCUT2D eigenvalue weighted by molar-refractivity contribution is 1.50. The minimum atomic E-state index is 0.672. The molecule has 1 aromatic carbocycles. The smallest absolute Gasteiger partial charge is 0.101 e. The monoisotopic (exact) mass is 252 g/mol. The van der Waals surface area contributed by atoms with E-state index in [-0.39, 0.29) is 0 Å². The van der Waals surface area contributed by atoms with Gasteiger partial charge in [-0.25, -0.2) is 0 Å². The Kier molecular flexibility index (Phi) is 1.98. The lowest BCUT2D eigenvalue weighted by atomic mass is 10.1. The molecule has 13 heavy (non-hydrogen) atoms. The second-order valence-electron chi connectivity index (χ2n) is 2.59. The minimum Gasteiger partial charge on any atom is -0.397 e. The van der Waals surface area contributed by atoms with Crippen molar-refractivity contribution in [2.75, 3.05) is 5.73 Å². The van der Waals surface area contributed by atoms with Crippen LogP contribution in [0.2, 0.25) is 0 Å². The van der Waals surface area contributed by atoms with Gasteiger partial charge < -0.3 is 5.73 Å². The van der Waals surface area contributed by atoms with Crippen LogP contribution in [0.4, 0.5) is 5.69 Å². The molecular formula is C9H5BrN2S. The maximum atomic E-state index is 8.86. The van der Waals surface area contributed by atoms with Gasteiger partial charge in [0.2, 0.25) is 0 Å². The Labute approximate surface area is 87.7 Å². The molecule has 0 aliphatic rings. The normalized spacial score (nSPS) is 10.2. The van der Waals surface area contributed by atoms with E-state index in [0.29, 0.717) is 11.3 Å². The first kappa shape index (κ1) is 8.54. The predicted octanol–water partition coefficient (Wildman–Crippen LogP) is 3.12. The van der Waals surface area contributed by atoms with Crippen LogP contribution in [0.15, 0.2) is 22.0 Å². The highest BCUT2D eigenvalue weighted by Gasteiger charge is 2.08. The maximum absolute atomic E-state index is 8.86. The number of hydrogen-bond donors (Lipinski definition) is 1. The SMILES string of the molecule is N#Cc1cc(Br)c(N)c2ccsc12. The average Bonchev–Trinajstić information content (AvgIpc) is 2.60. The van der Waals surface area contributed by atoms with Crippen molar-refractivity contribution in [2.45, 2.75) is 0 Å². The Morgan fingerprint density at radius 2 is 2.31 bits per heavy atom. The van der Waals surface area contributed by atoms with Gasteiger partial charge in [-0.15, -0.1) is 11.3 Å². The molecule has 2 nitrogen and oxygen atoms in total. The molecule has 0 atom stereocenters. The third-order valence-electron chi connectivity index (χ3n) is 1.85. The number of anilines is 1. The summed E-state index contributed by atoms with van der Waals surface area (Å²) < 4.78 is 1.75. The third kappa shape index (κ3) is 1.21. The van der Waals surface area contributed by atoms with E-state index in [1.807, 2.05) is 11.4 Å². The predicted molar refractivity (Wildman–Crippen MR) is 58.7 cm³/mol. The summed E-state index contributed by atoms with van der Waals surface area (Å²) in [4.78, 5) is 0. The van der Waals surface area contributed by atoms with Gasteiger partial charge in [-0.3, -0.25) is 0 Å². The second kappa shape index (κ2) is 3.02. The molecule has 0 saturated carbocycles. The van der Waals surface area contributed by atoms with Gasteiger partial charge in [0.25, 0.3) is 0 Å². The highest BCUT2D eigenvalue weighted by Crippen LogP contribution is 2.34. The van der Waals surface area contributed by atoms with Gasteiger partial charge in [0.05, 0.1) is 16.0 Å². The van der Waals surface area contributed by atoms with Gasteiger partial charge in [0.1, 0.15) is 6.07 Å². The summed E-state index contributed by atoms with van der Waals surface area (Å²) in [5, 5.41) is 11.8. The van der Waals surface area contributed by atoms with Crippen LogP contribution in [-0.4, -0.2) is 0 Å². The summed E-state index contributed by atoms with van der Waals surface area (Å²) in [5.74, 6) is 0. The standard InChI is InChI=1S/C9H5BrN2S/c10-7-3-5(4-11)9-6(8(7)12)1-2-13-9/h1-3H,12H2. The highest BCUT2D eigenvalue weighted by atomic mass is 79.9. The van der Waals surface area contributed by atoms with Crippen LogP contribution in [0.5, 0.6) is 0 Å². The summed E-state index contributed by atoms with van der Waals surface area (Å²) in [6, 6.07) is 5.84. The van der Waals surface area contributed by atoms with Crippen LogP contribution in [0.25, 0.3) is 10.1 Å². The lowest BCUT2D eigenvalue weighted by Gasteiger charge is -2.00. The Morgan fingerprint density at radius 1 is 1.54 bits per heavy atom. The van der Waals surface area contributed by atoms with Crippen molar-refractivity contribution in [3.05, 3.63) is 27.5 Å². The Bertz CT molecular complexity index is 510. The second-order valence-corrected chi connectivity index (χ2v) is 4.37. The van der Waals surface area contributed by atoms with Gasteiger partial charge in [0.15, 0.2) is 0 Å². The zero-order valence-corrected chi connectivity index (χ0v) is 8.95. The number of nitriles is 1. The van der Waals surface area contributed by atoms with Crippen LogP contribution < -0.4 is 5.73 Å². The number of hydrogen-bond acceptors (Lipinski definition) is 3. The molecule has 0 fully saturated rings. The number of benzene rings is 1. The minimum absolute atomic E-state index is 0.672. The van der Waals surface area contributed by atoms with Crippen molar-refractivity contribution < 1.29 is 0 Å². The van der Waals surface area contributed by atoms with E-state index in [4.69, 9.17) is 11.0 Å². The number of nitrogens with zero attached hydrogens (tertiary/aromatic N) is 1. The van der Waals surface area contributed by atoms with Crippen molar-refractivity contribution in [1.29, 1.82) is 5.26 Å². The molecule has 2 N–H and O–H groups in total. The van der Waals surface area contributed by atoms with Gasteiger partial charge >= 0.3 is 0 Å². The molecule has 0 saturated heterocycles. The van der Waals surface area contributed by atoms with Crippen molar-refractivity contribution in [3.63, 3.8) is 0 Å². The Hall–Kier alpha value is -1.05. The van der Waals surface area contributed by atoms with Gasteiger partial charge in [-0.2, -0.15) is 5.26 Å². The van der Waals surface area contributed by atoms with E-state index < -0.39 is 0 Å². The molecule has 0 bridgehead atoms. The number of fused-ring (bicyclic) bond motifs is 1. The molecule has 2 aromatic rings. The van der Waals surface area contributed by atoms with E-state index in [9.17, 15) is 0 Å². The van der Waals surface area contributed by atoms with Gasteiger partial charge in [-0.05, 0) is 33.4 Å². The molecule has 0 unspecified atom stereocenters. The summed E-state index contributed by atoms with van der Waals surface area (Å²) in [6.45, 7) is 0. The van der Waals surface area contributed by atoms with Crippen molar-refractivity contribution in [3.8, 4) is 6.07 Å². The van der Waals surface area contributed by atoms with E-state index >= 15 is 0 Å². The molecule has 0 aliphatic carbocycles. The summed E-state index contributed by atoms with van der Waals surface area (Å²) >= 11 is 4.86. The van der Waals surface area contributed by atoms with Crippen LogP contribution in [-0.2, 0) is 0 Å². The van der Waals surface area contributed by atoms with Crippen molar-refractivity contribution in [1.82, 2.24) is 0 Å². The van der Waals surface area contributed by atoms with E-state index in [2.05, 4.69) is 22.0 Å². The zero-order valence-electron chi connectivity index (χ0n) is 6.54. The Morgan fingerprint density at radius 3 is 3.00 bits per heavy atom. The molecule has 0 aliphatic heterocycles. The third-order valence-corrected chi connectivity index (χ3v) is 3.45. The molecule has 1 heterocycles. The van der Waals surface area contributed by atoms with E-state index in [1.54, 1.807) is 6.07 Å². The van der Waals surface area contributed by atoms with Crippen LogP contribution in [0.1, 0.15) is 5.56 Å². The fourth-order valence-electron chi connectivity index (χ4n) is 1.21. The van der Waals surface area contributed by atoms with Crippen LogP contribution in [0, 0.1) is 11.3 Å². The zero-order chi connectivity index (χ0) is 9.42. The number of nitrogen functional groups attached to an aromatic ring is 1. The molecule has 0 radical (unpaired) electrons. The number of halogens is 1. The molecule has 64 valence electrons. The average molecular weight is 253 g/mol. The highest BCUT2D eigenvalue weighted by molar-refractivity contribution is 9.10. The Balaban J connectivity index is 2.97.